The molecule has 0 spiro atoms. The molecule has 0 atom stereocenters. The van der Waals surface area contributed by atoms with Crippen LogP contribution in [0.15, 0.2) is 18.3 Å². The van der Waals surface area contributed by atoms with Gasteiger partial charge in [0.05, 0.1) is 0 Å². The lowest BCUT2D eigenvalue weighted by Crippen LogP contribution is -2.26. The highest BCUT2D eigenvalue weighted by molar-refractivity contribution is 5.92. The SMILES string of the molecule is C#CCCCCNC(=O)c1cccn1CCC. The van der Waals surface area contributed by atoms with Gasteiger partial charge in [0.15, 0.2) is 0 Å². The second-order valence-corrected chi connectivity index (χ2v) is 4.00. The Balaban J connectivity index is 2.36. The van der Waals surface area contributed by atoms with Gasteiger partial charge in [0.2, 0.25) is 0 Å². The summed E-state index contributed by atoms with van der Waals surface area (Å²) in [5.74, 6) is 2.60. The average Bonchev–Trinajstić information content (AvgIpc) is 2.77. The highest BCUT2D eigenvalue weighted by Gasteiger charge is 2.08. The van der Waals surface area contributed by atoms with E-state index in [1.165, 1.54) is 0 Å². The maximum atomic E-state index is 11.9. The number of nitrogens with zero attached hydrogens (tertiary/aromatic N) is 1. The molecule has 1 amide bonds. The molecule has 92 valence electrons. The number of amides is 1. The van der Waals surface area contributed by atoms with Gasteiger partial charge in [-0.3, -0.25) is 4.79 Å². The van der Waals surface area contributed by atoms with Gasteiger partial charge in [-0.25, -0.2) is 0 Å². The molecule has 1 aromatic heterocycles. The first-order valence-electron chi connectivity index (χ1n) is 6.16. The normalized spacial score (nSPS) is 9.88. The zero-order valence-electron chi connectivity index (χ0n) is 10.4. The summed E-state index contributed by atoms with van der Waals surface area (Å²) in [6, 6.07) is 3.76. The lowest BCUT2D eigenvalue weighted by atomic mass is 10.2. The largest absolute Gasteiger partial charge is 0.351 e. The van der Waals surface area contributed by atoms with Crippen LogP contribution in [0.1, 0.15) is 43.1 Å². The first kappa shape index (κ1) is 13.4. The first-order chi connectivity index (χ1) is 8.29. The Morgan fingerprint density at radius 1 is 1.53 bits per heavy atom. The molecule has 1 aromatic rings. The van der Waals surface area contributed by atoms with Crippen molar-refractivity contribution in [3.63, 3.8) is 0 Å². The third-order valence-electron chi connectivity index (χ3n) is 2.56. The number of rotatable bonds is 7. The maximum absolute atomic E-state index is 11.9. The third-order valence-corrected chi connectivity index (χ3v) is 2.56. The van der Waals surface area contributed by atoms with Crippen molar-refractivity contribution in [1.29, 1.82) is 0 Å². The number of carbonyl (C=O) groups excluding carboxylic acids is 1. The molecular formula is C14H20N2O. The molecular weight excluding hydrogens is 212 g/mol. The molecule has 17 heavy (non-hydrogen) atoms. The first-order valence-corrected chi connectivity index (χ1v) is 6.16. The fourth-order valence-corrected chi connectivity index (χ4v) is 1.70. The summed E-state index contributed by atoms with van der Waals surface area (Å²) in [6.07, 6.45) is 10.8. The van der Waals surface area contributed by atoms with Gasteiger partial charge in [-0.05, 0) is 31.4 Å². The Kier molecular flexibility index (Phi) is 5.95. The zero-order valence-corrected chi connectivity index (χ0v) is 10.4. The van der Waals surface area contributed by atoms with Crippen LogP contribution in [0.5, 0.6) is 0 Å². The second-order valence-electron chi connectivity index (χ2n) is 4.00. The summed E-state index contributed by atoms with van der Waals surface area (Å²) in [5.41, 5.74) is 0.740. The van der Waals surface area contributed by atoms with Gasteiger partial charge in [-0.1, -0.05) is 6.92 Å². The van der Waals surface area contributed by atoms with Crippen LogP contribution in [-0.4, -0.2) is 17.0 Å². The van der Waals surface area contributed by atoms with E-state index < -0.39 is 0 Å². The third kappa shape index (κ3) is 4.36. The molecule has 0 radical (unpaired) electrons. The minimum absolute atomic E-state index is 0.00385. The Labute approximate surface area is 103 Å². The Morgan fingerprint density at radius 2 is 2.35 bits per heavy atom. The number of carbonyl (C=O) groups is 1. The highest BCUT2D eigenvalue weighted by Crippen LogP contribution is 2.03. The number of unbranched alkanes of at least 4 members (excludes halogenated alkanes) is 2. The van der Waals surface area contributed by atoms with Gasteiger partial charge >= 0.3 is 0 Å². The Bertz CT molecular complexity index is 387. The average molecular weight is 232 g/mol. The molecule has 1 rings (SSSR count). The molecule has 1 heterocycles. The number of aromatic nitrogens is 1. The van der Waals surface area contributed by atoms with Crippen LogP contribution < -0.4 is 5.32 Å². The molecule has 0 saturated carbocycles. The summed E-state index contributed by atoms with van der Waals surface area (Å²) in [5, 5.41) is 2.91. The lowest BCUT2D eigenvalue weighted by Gasteiger charge is -2.08. The molecule has 3 heteroatoms. The molecule has 0 fully saturated rings. The number of hydrogen-bond donors (Lipinski definition) is 1. The minimum Gasteiger partial charge on any atom is -0.351 e. The van der Waals surface area contributed by atoms with E-state index in [2.05, 4.69) is 18.2 Å². The van der Waals surface area contributed by atoms with Crippen molar-refractivity contribution in [1.82, 2.24) is 9.88 Å². The van der Waals surface area contributed by atoms with E-state index in [1.54, 1.807) is 0 Å². The van der Waals surface area contributed by atoms with Crippen molar-refractivity contribution in [3.8, 4) is 12.3 Å². The van der Waals surface area contributed by atoms with Gasteiger partial charge < -0.3 is 9.88 Å². The monoisotopic (exact) mass is 232 g/mol. The maximum Gasteiger partial charge on any atom is 0.267 e. The molecule has 0 aliphatic rings. The zero-order chi connectivity index (χ0) is 12.5. The predicted molar refractivity (Wildman–Crippen MR) is 69.7 cm³/mol. The van der Waals surface area contributed by atoms with E-state index in [-0.39, 0.29) is 5.91 Å². The van der Waals surface area contributed by atoms with Crippen LogP contribution in [-0.2, 0) is 6.54 Å². The van der Waals surface area contributed by atoms with Crippen molar-refractivity contribution in [2.24, 2.45) is 0 Å². The molecule has 0 saturated heterocycles. The van der Waals surface area contributed by atoms with E-state index in [1.807, 2.05) is 22.9 Å². The van der Waals surface area contributed by atoms with E-state index in [0.29, 0.717) is 6.54 Å². The van der Waals surface area contributed by atoms with Gasteiger partial charge in [0.1, 0.15) is 5.69 Å². The van der Waals surface area contributed by atoms with Gasteiger partial charge in [0.25, 0.3) is 5.91 Å². The Hall–Kier alpha value is -1.69. The van der Waals surface area contributed by atoms with Crippen molar-refractivity contribution >= 4 is 5.91 Å². The molecule has 0 aliphatic heterocycles. The summed E-state index contributed by atoms with van der Waals surface area (Å²) in [7, 11) is 0. The van der Waals surface area contributed by atoms with Crippen molar-refractivity contribution in [2.75, 3.05) is 6.54 Å². The quantitative estimate of drug-likeness (QED) is 0.568. The summed E-state index contributed by atoms with van der Waals surface area (Å²) < 4.78 is 1.98. The summed E-state index contributed by atoms with van der Waals surface area (Å²) in [4.78, 5) is 11.9. The predicted octanol–water partition coefficient (Wildman–Crippen LogP) is 2.43. The summed E-state index contributed by atoms with van der Waals surface area (Å²) in [6.45, 7) is 3.67. The van der Waals surface area contributed by atoms with Gasteiger partial charge in [-0.2, -0.15) is 0 Å². The van der Waals surface area contributed by atoms with E-state index in [0.717, 1.165) is 37.9 Å². The topological polar surface area (TPSA) is 34.0 Å². The van der Waals surface area contributed by atoms with Crippen LogP contribution in [0.2, 0.25) is 0 Å². The molecule has 0 unspecified atom stereocenters. The standard InChI is InChI=1S/C14H20N2O/c1-3-5-6-7-10-15-14(17)13-9-8-12-16(13)11-4-2/h1,8-9,12H,4-7,10-11H2,2H3,(H,15,17). The Morgan fingerprint density at radius 3 is 3.06 bits per heavy atom. The minimum atomic E-state index is 0.00385. The second kappa shape index (κ2) is 7.56. The van der Waals surface area contributed by atoms with Crippen LogP contribution in [0.3, 0.4) is 0 Å². The van der Waals surface area contributed by atoms with Crippen LogP contribution in [0, 0.1) is 12.3 Å². The van der Waals surface area contributed by atoms with E-state index >= 15 is 0 Å². The van der Waals surface area contributed by atoms with Crippen LogP contribution >= 0.6 is 0 Å². The van der Waals surface area contributed by atoms with Gasteiger partial charge in [0, 0.05) is 25.7 Å². The number of terminal acetylenes is 1. The molecule has 1 N–H and O–H groups in total. The molecule has 0 aromatic carbocycles. The number of nitrogens with one attached hydrogen (secondary N) is 1. The highest BCUT2D eigenvalue weighted by atomic mass is 16.1. The van der Waals surface area contributed by atoms with Crippen LogP contribution in [0.4, 0.5) is 0 Å². The fourth-order valence-electron chi connectivity index (χ4n) is 1.70. The smallest absolute Gasteiger partial charge is 0.267 e. The molecule has 0 bridgehead atoms. The van der Waals surface area contributed by atoms with Gasteiger partial charge in [-0.15, -0.1) is 12.3 Å². The van der Waals surface area contributed by atoms with Crippen molar-refractivity contribution < 1.29 is 4.79 Å². The van der Waals surface area contributed by atoms with E-state index in [9.17, 15) is 4.79 Å². The number of hydrogen-bond acceptors (Lipinski definition) is 1. The van der Waals surface area contributed by atoms with Crippen LogP contribution in [0.25, 0.3) is 0 Å². The lowest BCUT2D eigenvalue weighted by molar-refractivity contribution is 0.0943. The molecule has 0 aliphatic carbocycles. The summed E-state index contributed by atoms with van der Waals surface area (Å²) >= 11 is 0. The molecule has 3 nitrogen and oxygen atoms in total. The number of aryl methyl sites for hydroxylation is 1. The van der Waals surface area contributed by atoms with Crippen molar-refractivity contribution in [2.45, 2.75) is 39.2 Å². The fraction of sp³-hybridized carbons (Fsp3) is 0.500. The van der Waals surface area contributed by atoms with Crippen molar-refractivity contribution in [3.05, 3.63) is 24.0 Å². The van der Waals surface area contributed by atoms with E-state index in [4.69, 9.17) is 6.42 Å².